The van der Waals surface area contributed by atoms with Gasteiger partial charge < -0.3 is 9.16 Å². The summed E-state index contributed by atoms with van der Waals surface area (Å²) < 4.78 is 12.1. The molecule has 1 saturated carbocycles. The summed E-state index contributed by atoms with van der Waals surface area (Å²) in [6, 6.07) is 8.58. The van der Waals surface area contributed by atoms with E-state index in [4.69, 9.17) is 9.16 Å². The molecule has 0 amide bonds. The van der Waals surface area contributed by atoms with Crippen molar-refractivity contribution in [3.8, 4) is 0 Å². The van der Waals surface area contributed by atoms with Crippen LogP contribution in [0.15, 0.2) is 36.1 Å². The first-order chi connectivity index (χ1) is 12.5. The van der Waals surface area contributed by atoms with Gasteiger partial charge in [-0.25, -0.2) is 0 Å². The summed E-state index contributed by atoms with van der Waals surface area (Å²) in [7, 11) is -0.563. The Morgan fingerprint density at radius 2 is 1.81 bits per heavy atom. The van der Waals surface area contributed by atoms with Crippen LogP contribution in [-0.4, -0.2) is 21.4 Å². The summed E-state index contributed by atoms with van der Waals surface area (Å²) in [6.07, 6.45) is 3.01. The largest absolute Gasteiger partial charge is 0.546 e. The maximum absolute atomic E-state index is 13.2. The molecule has 0 radical (unpaired) electrons. The van der Waals surface area contributed by atoms with E-state index in [2.05, 4.69) is 65.1 Å². The van der Waals surface area contributed by atoms with Crippen LogP contribution in [0.25, 0.3) is 0 Å². The number of hydrogen-bond donors (Lipinski definition) is 0. The van der Waals surface area contributed by atoms with Crippen LogP contribution in [0, 0.1) is 11.3 Å². The highest BCUT2D eigenvalue weighted by atomic mass is 28.4. The van der Waals surface area contributed by atoms with Gasteiger partial charge in [0, 0.05) is 5.92 Å². The van der Waals surface area contributed by atoms with E-state index in [0.717, 1.165) is 12.2 Å². The van der Waals surface area contributed by atoms with Gasteiger partial charge in [-0.1, -0.05) is 58.0 Å². The molecule has 1 aromatic rings. The monoisotopic (exact) mass is 386 g/mol. The maximum atomic E-state index is 13.2. The number of carbonyl (C=O) groups is 1. The van der Waals surface area contributed by atoms with Crippen LogP contribution in [0.4, 0.5) is 0 Å². The summed E-state index contributed by atoms with van der Waals surface area (Å²) in [5, 5.41) is 0.0732. The average Bonchev–Trinajstić information content (AvgIpc) is 3.27. The zero-order valence-electron chi connectivity index (χ0n) is 18.1. The second-order valence-corrected chi connectivity index (χ2v) is 14.5. The lowest BCUT2D eigenvalue weighted by Crippen LogP contribution is -2.42. The molecule has 0 spiro atoms. The Hall–Kier alpha value is -1.55. The molecule has 0 heterocycles. The van der Waals surface area contributed by atoms with Gasteiger partial charge >= 0.3 is 5.97 Å². The third kappa shape index (κ3) is 2.88. The fourth-order valence-corrected chi connectivity index (χ4v) is 5.83. The predicted molar refractivity (Wildman–Crippen MR) is 112 cm³/mol. The molecule has 2 aliphatic carbocycles. The molecule has 0 N–H and O–H groups in total. The number of hydrogen-bond acceptors (Lipinski definition) is 3. The van der Waals surface area contributed by atoms with Crippen molar-refractivity contribution in [2.75, 3.05) is 7.11 Å². The summed E-state index contributed by atoms with van der Waals surface area (Å²) in [6.45, 7) is 15.4. The minimum absolute atomic E-state index is 0.0732. The second-order valence-electron chi connectivity index (χ2n) is 9.73. The van der Waals surface area contributed by atoms with Gasteiger partial charge in [0.25, 0.3) is 0 Å². The van der Waals surface area contributed by atoms with Crippen molar-refractivity contribution in [1.82, 2.24) is 0 Å². The van der Waals surface area contributed by atoms with E-state index < -0.39 is 13.7 Å². The van der Waals surface area contributed by atoms with E-state index >= 15 is 0 Å². The molecule has 148 valence electrons. The van der Waals surface area contributed by atoms with Gasteiger partial charge in [0.2, 0.25) is 8.32 Å². The van der Waals surface area contributed by atoms with Crippen LogP contribution in [-0.2, 0) is 14.0 Å². The number of benzene rings is 1. The van der Waals surface area contributed by atoms with Crippen molar-refractivity contribution >= 4 is 14.3 Å². The second kappa shape index (κ2) is 6.51. The Bertz CT molecular complexity index is 774. The first-order valence-corrected chi connectivity index (χ1v) is 13.0. The third-order valence-electron chi connectivity index (χ3n) is 7.20. The number of carbonyl (C=O) groups excluding carboxylic acids is 1. The van der Waals surface area contributed by atoms with Crippen molar-refractivity contribution in [2.24, 2.45) is 11.3 Å². The molecule has 2 aliphatic rings. The highest BCUT2D eigenvalue weighted by Gasteiger charge is 2.75. The van der Waals surface area contributed by atoms with E-state index in [1.807, 2.05) is 13.0 Å². The topological polar surface area (TPSA) is 35.5 Å². The van der Waals surface area contributed by atoms with Gasteiger partial charge in [0.05, 0.1) is 12.9 Å². The van der Waals surface area contributed by atoms with E-state index in [1.165, 1.54) is 18.2 Å². The van der Waals surface area contributed by atoms with Gasteiger partial charge in [-0.3, -0.25) is 4.79 Å². The van der Waals surface area contributed by atoms with Crippen molar-refractivity contribution in [3.63, 3.8) is 0 Å². The Kier molecular flexibility index (Phi) is 4.87. The predicted octanol–water partition coefficient (Wildman–Crippen LogP) is 5.99. The molecule has 1 fully saturated rings. The van der Waals surface area contributed by atoms with Crippen molar-refractivity contribution in [1.29, 1.82) is 0 Å². The van der Waals surface area contributed by atoms with Crippen LogP contribution >= 0.6 is 0 Å². The van der Waals surface area contributed by atoms with Crippen LogP contribution in [0.5, 0.6) is 0 Å². The molecule has 27 heavy (non-hydrogen) atoms. The highest BCUT2D eigenvalue weighted by molar-refractivity contribution is 6.74. The summed E-state index contributed by atoms with van der Waals surface area (Å²) in [4.78, 5) is 13.2. The Morgan fingerprint density at radius 3 is 2.33 bits per heavy atom. The van der Waals surface area contributed by atoms with E-state index in [9.17, 15) is 4.79 Å². The quantitative estimate of drug-likeness (QED) is 0.362. The zero-order valence-corrected chi connectivity index (χ0v) is 19.1. The Balaban J connectivity index is 2.08. The van der Waals surface area contributed by atoms with Crippen molar-refractivity contribution in [3.05, 3.63) is 47.2 Å². The van der Waals surface area contributed by atoms with Crippen LogP contribution in [0.2, 0.25) is 18.1 Å². The highest BCUT2D eigenvalue weighted by Crippen LogP contribution is 2.74. The fourth-order valence-electron chi connectivity index (χ4n) is 4.69. The number of ether oxygens (including phenoxy) is 1. The molecule has 0 saturated heterocycles. The third-order valence-corrected chi connectivity index (χ3v) is 11.5. The lowest BCUT2D eigenvalue weighted by molar-refractivity contribution is -0.147. The van der Waals surface area contributed by atoms with Crippen molar-refractivity contribution < 1.29 is 14.0 Å². The summed E-state index contributed by atoms with van der Waals surface area (Å²) >= 11 is 0. The molecule has 4 heteroatoms. The molecule has 1 aromatic carbocycles. The normalized spacial score (nSPS) is 30.2. The lowest BCUT2D eigenvalue weighted by atomic mass is 9.84. The van der Waals surface area contributed by atoms with Crippen LogP contribution in [0.3, 0.4) is 0 Å². The molecular formula is C23H34O3Si. The SMILES string of the molecule is C/C=C(\O[Si](C)(C)C(C)(C)C)[C@]1(C(=O)OC)[C@@H]2c3ccccc3[C@@H](C)C[C@@H]21. The molecule has 0 aliphatic heterocycles. The maximum Gasteiger partial charge on any atom is 0.320 e. The van der Waals surface area contributed by atoms with Crippen molar-refractivity contribution in [2.45, 2.75) is 71.0 Å². The fraction of sp³-hybridized carbons (Fsp3) is 0.609. The lowest BCUT2D eigenvalue weighted by Gasteiger charge is -2.39. The molecule has 0 unspecified atom stereocenters. The molecular weight excluding hydrogens is 352 g/mol. The number of rotatable bonds is 4. The number of esters is 1. The first kappa shape index (κ1) is 20.2. The van der Waals surface area contributed by atoms with Crippen LogP contribution < -0.4 is 0 Å². The number of methoxy groups -OCH3 is 1. The van der Waals surface area contributed by atoms with Gasteiger partial charge in [-0.05, 0) is 54.4 Å². The molecule has 4 atom stereocenters. The Labute approximate surface area is 165 Å². The van der Waals surface area contributed by atoms with Crippen LogP contribution in [0.1, 0.15) is 64.0 Å². The number of allylic oxidation sites excluding steroid dienone is 1. The van der Waals surface area contributed by atoms with E-state index in [-0.39, 0.29) is 22.8 Å². The standard InChI is InChI=1S/C23H34O3Si/c1-9-19(26-27(7,8)22(3,4)5)23(21(24)25-6)18-14-15(2)16-12-10-11-13-17(16)20(18)23/h9-13,15,18,20H,14H2,1-8H3/b19-9-/t15-,18-,20+,23-/m0/s1. The van der Waals surface area contributed by atoms with Gasteiger partial charge in [0.15, 0.2) is 0 Å². The first-order valence-electron chi connectivity index (χ1n) is 10.1. The molecule has 3 rings (SSSR count). The minimum Gasteiger partial charge on any atom is -0.546 e. The zero-order chi connectivity index (χ0) is 20.2. The number of fused-ring (bicyclic) bond motifs is 3. The minimum atomic E-state index is -2.07. The van der Waals surface area contributed by atoms with Gasteiger partial charge in [-0.15, -0.1) is 0 Å². The van der Waals surface area contributed by atoms with Gasteiger partial charge in [0.1, 0.15) is 5.41 Å². The average molecular weight is 387 g/mol. The smallest absolute Gasteiger partial charge is 0.320 e. The summed E-state index contributed by atoms with van der Waals surface area (Å²) in [5.41, 5.74) is 2.00. The van der Waals surface area contributed by atoms with E-state index in [0.29, 0.717) is 5.92 Å². The Morgan fingerprint density at radius 1 is 1.22 bits per heavy atom. The van der Waals surface area contributed by atoms with Gasteiger partial charge in [-0.2, -0.15) is 0 Å². The molecule has 0 bridgehead atoms. The van der Waals surface area contributed by atoms with E-state index in [1.54, 1.807) is 0 Å². The summed E-state index contributed by atoms with van der Waals surface area (Å²) in [5.74, 6) is 1.55. The molecule has 0 aromatic heterocycles. The molecule has 3 nitrogen and oxygen atoms in total.